The summed E-state index contributed by atoms with van der Waals surface area (Å²) in [7, 11) is 0.470. The summed E-state index contributed by atoms with van der Waals surface area (Å²) in [6.07, 6.45) is 0. The SMILES string of the molecule is Cc1cc2c(c3c4ccccc4n4c5ccccc5[n+](C)c4c13)-c1ccccc1[Si]2(C)C. The molecule has 0 saturated carbocycles. The van der Waals surface area contributed by atoms with E-state index < -0.39 is 8.07 Å². The maximum absolute atomic E-state index is 2.51. The standard InChI is InChI=1S/C29H25N2Si/c1-18-17-25-27(20-12-6-10-16-24(20)32(25,3)4)28-19-11-5-7-13-21(19)31-23-15-9-8-14-22(23)30(2)29(31)26(18)28/h5-17H,1-4H3/q+1. The third-order valence-corrected chi connectivity index (χ3v) is 11.2. The molecule has 0 fully saturated rings. The van der Waals surface area contributed by atoms with E-state index in [-0.39, 0.29) is 0 Å². The van der Waals surface area contributed by atoms with Crippen LogP contribution < -0.4 is 14.9 Å². The smallest absolute Gasteiger partial charge is 0.225 e. The summed E-state index contributed by atoms with van der Waals surface area (Å²) in [5.74, 6) is 0. The number of nitrogens with zero attached hydrogens (tertiary/aromatic N) is 2. The van der Waals surface area contributed by atoms with E-state index in [1.165, 1.54) is 55.0 Å². The summed E-state index contributed by atoms with van der Waals surface area (Å²) in [5, 5.41) is 7.29. The minimum atomic E-state index is -1.74. The summed E-state index contributed by atoms with van der Waals surface area (Å²) < 4.78 is 4.85. The molecule has 0 amide bonds. The van der Waals surface area contributed by atoms with Gasteiger partial charge in [-0.15, -0.1) is 0 Å². The van der Waals surface area contributed by atoms with Crippen molar-refractivity contribution in [2.45, 2.75) is 20.0 Å². The molecule has 6 aromatic rings. The van der Waals surface area contributed by atoms with E-state index in [4.69, 9.17) is 0 Å². The normalized spacial score (nSPS) is 14.5. The van der Waals surface area contributed by atoms with E-state index in [2.05, 4.69) is 115 Å². The summed E-state index contributed by atoms with van der Waals surface area (Å²) in [6.45, 7) is 7.33. The monoisotopic (exact) mass is 429 g/mol. The average molecular weight is 430 g/mol. The van der Waals surface area contributed by atoms with Crippen molar-refractivity contribution in [2.24, 2.45) is 7.05 Å². The Balaban J connectivity index is 1.87. The lowest BCUT2D eigenvalue weighted by Crippen LogP contribution is -2.49. The van der Waals surface area contributed by atoms with Crippen LogP contribution in [0.15, 0.2) is 78.9 Å². The van der Waals surface area contributed by atoms with Crippen molar-refractivity contribution in [2.75, 3.05) is 0 Å². The fourth-order valence-corrected chi connectivity index (χ4v) is 9.40. The second kappa shape index (κ2) is 5.87. The fourth-order valence-electron chi connectivity index (χ4n) is 6.26. The van der Waals surface area contributed by atoms with Crippen LogP contribution >= 0.6 is 0 Å². The first-order chi connectivity index (χ1) is 15.5. The van der Waals surface area contributed by atoms with Crippen molar-refractivity contribution < 1.29 is 4.57 Å². The Kier molecular flexibility index (Phi) is 3.33. The molecule has 154 valence electrons. The van der Waals surface area contributed by atoms with Gasteiger partial charge >= 0.3 is 0 Å². The molecule has 0 aliphatic carbocycles. The molecule has 0 radical (unpaired) electrons. The Morgan fingerprint density at radius 2 is 1.44 bits per heavy atom. The van der Waals surface area contributed by atoms with Crippen LogP contribution in [-0.2, 0) is 7.05 Å². The molecule has 3 heteroatoms. The van der Waals surface area contributed by atoms with Crippen LogP contribution in [-0.4, -0.2) is 12.5 Å². The number of benzene rings is 4. The van der Waals surface area contributed by atoms with Crippen molar-refractivity contribution in [3.05, 3.63) is 84.4 Å². The Morgan fingerprint density at radius 3 is 2.28 bits per heavy atom. The molecule has 1 aliphatic rings. The zero-order valence-electron chi connectivity index (χ0n) is 18.9. The van der Waals surface area contributed by atoms with E-state index in [1.807, 2.05) is 0 Å². The van der Waals surface area contributed by atoms with Gasteiger partial charge in [-0.3, -0.25) is 0 Å². The lowest BCUT2D eigenvalue weighted by atomic mass is 9.93. The van der Waals surface area contributed by atoms with E-state index >= 15 is 0 Å². The number of hydrogen-bond acceptors (Lipinski definition) is 0. The molecular weight excluding hydrogens is 404 g/mol. The lowest BCUT2D eigenvalue weighted by molar-refractivity contribution is -0.617. The molecule has 1 aliphatic heterocycles. The molecule has 0 saturated heterocycles. The highest BCUT2D eigenvalue weighted by molar-refractivity contribution is 7.04. The number of aryl methyl sites for hydroxylation is 2. The van der Waals surface area contributed by atoms with Crippen molar-refractivity contribution >= 4 is 56.8 Å². The van der Waals surface area contributed by atoms with Gasteiger partial charge in [0.15, 0.2) is 11.0 Å². The van der Waals surface area contributed by atoms with Gasteiger partial charge in [-0.25, -0.2) is 4.57 Å². The molecule has 0 spiro atoms. The van der Waals surface area contributed by atoms with Crippen LogP contribution in [0.2, 0.25) is 13.1 Å². The van der Waals surface area contributed by atoms with Crippen molar-refractivity contribution in [1.29, 1.82) is 0 Å². The predicted octanol–water partition coefficient (Wildman–Crippen LogP) is 5.33. The van der Waals surface area contributed by atoms with Gasteiger partial charge in [-0.05, 0) is 52.2 Å². The summed E-state index contributed by atoms with van der Waals surface area (Å²) >= 11 is 0. The van der Waals surface area contributed by atoms with Crippen molar-refractivity contribution in [1.82, 2.24) is 4.40 Å². The average Bonchev–Trinajstić information content (AvgIpc) is 3.23. The van der Waals surface area contributed by atoms with Crippen LogP contribution in [0.25, 0.3) is 49.5 Å². The second-order valence-corrected chi connectivity index (χ2v) is 14.1. The van der Waals surface area contributed by atoms with Gasteiger partial charge in [0, 0.05) is 10.8 Å². The van der Waals surface area contributed by atoms with Gasteiger partial charge in [0.05, 0.1) is 12.4 Å². The Morgan fingerprint density at radius 1 is 0.750 bits per heavy atom. The van der Waals surface area contributed by atoms with Gasteiger partial charge in [0.1, 0.15) is 13.6 Å². The minimum absolute atomic E-state index is 1.26. The van der Waals surface area contributed by atoms with Gasteiger partial charge in [-0.2, -0.15) is 4.40 Å². The summed E-state index contributed by atoms with van der Waals surface area (Å²) in [4.78, 5) is 0. The zero-order valence-corrected chi connectivity index (χ0v) is 19.9. The lowest BCUT2D eigenvalue weighted by Gasteiger charge is -2.20. The van der Waals surface area contributed by atoms with E-state index in [0.717, 1.165) is 0 Å². The third-order valence-electron chi connectivity index (χ3n) is 7.72. The van der Waals surface area contributed by atoms with E-state index in [1.54, 1.807) is 10.4 Å². The molecule has 4 aromatic carbocycles. The Bertz CT molecular complexity index is 1770. The van der Waals surface area contributed by atoms with Gasteiger partial charge in [0.2, 0.25) is 0 Å². The second-order valence-electron chi connectivity index (χ2n) is 9.76. The highest BCUT2D eigenvalue weighted by atomic mass is 28.3. The van der Waals surface area contributed by atoms with Crippen LogP contribution in [0.4, 0.5) is 0 Å². The molecule has 0 atom stereocenters. The Hall–Kier alpha value is -3.43. The molecule has 2 nitrogen and oxygen atoms in total. The number of imidazole rings is 1. The molecule has 0 N–H and O–H groups in total. The number of hydrogen-bond donors (Lipinski definition) is 0. The molecular formula is C29H25N2Si+. The predicted molar refractivity (Wildman–Crippen MR) is 138 cm³/mol. The molecule has 7 rings (SSSR count). The topological polar surface area (TPSA) is 8.29 Å². The highest BCUT2D eigenvalue weighted by Gasteiger charge is 2.40. The first-order valence-electron chi connectivity index (χ1n) is 11.4. The van der Waals surface area contributed by atoms with Crippen LogP contribution in [0.1, 0.15) is 5.56 Å². The maximum Gasteiger partial charge on any atom is 0.295 e. The number of pyridine rings is 1. The highest BCUT2D eigenvalue weighted by Crippen LogP contribution is 2.41. The zero-order chi connectivity index (χ0) is 21.8. The summed E-state index contributed by atoms with van der Waals surface area (Å²) in [5.41, 5.74) is 9.38. The molecule has 3 heterocycles. The number of aromatic nitrogens is 2. The molecule has 0 bridgehead atoms. The van der Waals surface area contributed by atoms with Crippen LogP contribution in [0, 0.1) is 6.92 Å². The Labute approximate surface area is 188 Å². The minimum Gasteiger partial charge on any atom is -0.225 e. The fraction of sp³-hybridized carbons (Fsp3) is 0.138. The number of rotatable bonds is 0. The third kappa shape index (κ3) is 1.98. The van der Waals surface area contributed by atoms with Crippen LogP contribution in [0.3, 0.4) is 0 Å². The molecule has 32 heavy (non-hydrogen) atoms. The van der Waals surface area contributed by atoms with E-state index in [9.17, 15) is 0 Å². The first kappa shape index (κ1) is 18.2. The van der Waals surface area contributed by atoms with Gasteiger partial charge in [-0.1, -0.05) is 73.8 Å². The quantitative estimate of drug-likeness (QED) is 0.175. The molecule has 0 unspecified atom stereocenters. The van der Waals surface area contributed by atoms with E-state index in [0.29, 0.717) is 0 Å². The summed E-state index contributed by atoms with van der Waals surface area (Å²) in [6, 6.07) is 29.4. The van der Waals surface area contributed by atoms with Crippen molar-refractivity contribution in [3.63, 3.8) is 0 Å². The largest absolute Gasteiger partial charge is 0.295 e. The maximum atomic E-state index is 2.51. The van der Waals surface area contributed by atoms with Gasteiger partial charge in [0.25, 0.3) is 5.65 Å². The van der Waals surface area contributed by atoms with Gasteiger partial charge < -0.3 is 0 Å². The van der Waals surface area contributed by atoms with Crippen molar-refractivity contribution in [3.8, 4) is 11.1 Å². The number of para-hydroxylation sites is 3. The number of fused-ring (bicyclic) bond motifs is 12. The first-order valence-corrected chi connectivity index (χ1v) is 14.4. The molecule has 2 aromatic heterocycles. The van der Waals surface area contributed by atoms with Crippen LogP contribution in [0.5, 0.6) is 0 Å².